The third-order valence-electron chi connectivity index (χ3n) is 2.95. The second-order valence-electron chi connectivity index (χ2n) is 5.85. The van der Waals surface area contributed by atoms with Crippen LogP contribution in [0.2, 0.25) is 0 Å². The van der Waals surface area contributed by atoms with Crippen molar-refractivity contribution in [2.24, 2.45) is 4.99 Å². The maximum Gasteiger partial charge on any atom is 0.0524 e. The molecule has 0 saturated heterocycles. The fourth-order valence-electron chi connectivity index (χ4n) is 2.04. The van der Waals surface area contributed by atoms with Crippen LogP contribution in [0.1, 0.15) is 44.7 Å². The molecule has 1 atom stereocenters. The molecule has 0 radical (unpaired) electrons. The van der Waals surface area contributed by atoms with Crippen molar-refractivity contribution in [2.75, 3.05) is 0 Å². The van der Waals surface area contributed by atoms with Crippen molar-refractivity contribution in [1.82, 2.24) is 0 Å². The molecule has 0 aromatic heterocycles. The van der Waals surface area contributed by atoms with E-state index in [9.17, 15) is 0 Å². The molecular formula is C17H21N. The van der Waals surface area contributed by atoms with Crippen LogP contribution in [-0.2, 0) is 0 Å². The molecule has 2 rings (SSSR count). The summed E-state index contributed by atoms with van der Waals surface area (Å²) in [7, 11) is 0. The first kappa shape index (κ1) is 12.8. The van der Waals surface area contributed by atoms with Crippen molar-refractivity contribution in [3.63, 3.8) is 0 Å². The highest BCUT2D eigenvalue weighted by Crippen LogP contribution is 2.28. The number of nitrogens with zero attached hydrogens (tertiary/aromatic N) is 1. The van der Waals surface area contributed by atoms with Gasteiger partial charge in [0.2, 0.25) is 0 Å². The number of aliphatic imine (C=N–C) groups is 1. The highest BCUT2D eigenvalue weighted by molar-refractivity contribution is 5.82. The molecule has 1 nitrogen and oxygen atoms in total. The van der Waals surface area contributed by atoms with E-state index in [4.69, 9.17) is 0 Å². The predicted octanol–water partition coefficient (Wildman–Crippen LogP) is 4.50. The second-order valence-corrected chi connectivity index (χ2v) is 5.85. The van der Waals surface area contributed by atoms with Crippen LogP contribution >= 0.6 is 0 Å². The first-order valence-electron chi connectivity index (χ1n) is 6.46. The Balaban J connectivity index is 2.32. The summed E-state index contributed by atoms with van der Waals surface area (Å²) in [6, 6.07) is 8.50. The minimum absolute atomic E-state index is 0.0234. The molecule has 0 aliphatic heterocycles. The van der Waals surface area contributed by atoms with Crippen LogP contribution in [0.15, 0.2) is 53.1 Å². The number of rotatable bonds is 2. The fourth-order valence-corrected chi connectivity index (χ4v) is 2.04. The lowest BCUT2D eigenvalue weighted by Crippen LogP contribution is -2.10. The minimum atomic E-state index is -0.0234. The van der Waals surface area contributed by atoms with E-state index < -0.39 is 0 Å². The van der Waals surface area contributed by atoms with Crippen molar-refractivity contribution in [2.45, 2.75) is 39.2 Å². The smallest absolute Gasteiger partial charge is 0.0524 e. The van der Waals surface area contributed by atoms with E-state index in [0.29, 0.717) is 5.92 Å². The van der Waals surface area contributed by atoms with Crippen LogP contribution in [-0.4, -0.2) is 11.8 Å². The molecule has 1 heteroatoms. The van der Waals surface area contributed by atoms with Gasteiger partial charge in [-0.2, -0.15) is 0 Å². The second kappa shape index (κ2) is 4.93. The van der Waals surface area contributed by atoms with Crippen LogP contribution in [0.25, 0.3) is 0 Å². The average molecular weight is 239 g/mol. The van der Waals surface area contributed by atoms with Crippen molar-refractivity contribution < 1.29 is 0 Å². The standard InChI is InChI=1S/C17H21N/c1-13-9-10-14(11-13)16-8-6-5-7-15(16)12-18-17(2,3)4/h5-12,14H,1-4H3. The third-order valence-corrected chi connectivity index (χ3v) is 2.95. The van der Waals surface area contributed by atoms with Gasteiger partial charge >= 0.3 is 0 Å². The van der Waals surface area contributed by atoms with Crippen LogP contribution in [0.4, 0.5) is 0 Å². The predicted molar refractivity (Wildman–Crippen MR) is 79.4 cm³/mol. The first-order valence-corrected chi connectivity index (χ1v) is 6.46. The van der Waals surface area contributed by atoms with Gasteiger partial charge in [0.15, 0.2) is 0 Å². The van der Waals surface area contributed by atoms with Gasteiger partial charge in [0, 0.05) is 12.1 Å². The van der Waals surface area contributed by atoms with Gasteiger partial charge in [-0.05, 0) is 38.8 Å². The average Bonchev–Trinajstić information content (AvgIpc) is 2.72. The molecule has 0 N–H and O–H groups in total. The van der Waals surface area contributed by atoms with Gasteiger partial charge in [0.1, 0.15) is 0 Å². The number of allylic oxidation sites excluding steroid dienone is 4. The summed E-state index contributed by atoms with van der Waals surface area (Å²) in [5.41, 5.74) is 3.86. The van der Waals surface area contributed by atoms with E-state index in [1.165, 1.54) is 16.7 Å². The SMILES string of the molecule is CC1=CC(c2ccccc2C=NC(C)(C)C)C=C1. The normalized spacial score (nSPS) is 19.6. The first-order chi connectivity index (χ1) is 8.46. The molecule has 0 saturated carbocycles. The number of hydrogen-bond donors (Lipinski definition) is 0. The molecular weight excluding hydrogens is 218 g/mol. The van der Waals surface area contributed by atoms with E-state index in [0.717, 1.165) is 0 Å². The van der Waals surface area contributed by atoms with Gasteiger partial charge in [-0.15, -0.1) is 0 Å². The molecule has 0 bridgehead atoms. The largest absolute Gasteiger partial charge is 0.287 e. The monoisotopic (exact) mass is 239 g/mol. The maximum absolute atomic E-state index is 4.61. The summed E-state index contributed by atoms with van der Waals surface area (Å²) in [4.78, 5) is 4.61. The third kappa shape index (κ3) is 3.19. The molecule has 0 amide bonds. The highest BCUT2D eigenvalue weighted by Gasteiger charge is 2.13. The number of benzene rings is 1. The van der Waals surface area contributed by atoms with Crippen LogP contribution in [0.5, 0.6) is 0 Å². The molecule has 0 spiro atoms. The van der Waals surface area contributed by atoms with Gasteiger partial charge < -0.3 is 0 Å². The number of hydrogen-bond acceptors (Lipinski definition) is 1. The fraction of sp³-hybridized carbons (Fsp3) is 0.353. The summed E-state index contributed by atoms with van der Waals surface area (Å²) in [6.45, 7) is 8.49. The van der Waals surface area contributed by atoms with Gasteiger partial charge in [-0.3, -0.25) is 4.99 Å². The van der Waals surface area contributed by atoms with E-state index in [-0.39, 0.29) is 5.54 Å². The van der Waals surface area contributed by atoms with Crippen LogP contribution in [0.3, 0.4) is 0 Å². The zero-order valence-corrected chi connectivity index (χ0v) is 11.6. The minimum Gasteiger partial charge on any atom is -0.287 e. The zero-order chi connectivity index (χ0) is 13.2. The van der Waals surface area contributed by atoms with Crippen molar-refractivity contribution >= 4 is 6.21 Å². The Morgan fingerprint density at radius 1 is 1.17 bits per heavy atom. The van der Waals surface area contributed by atoms with E-state index in [1.54, 1.807) is 0 Å². The van der Waals surface area contributed by atoms with Crippen LogP contribution in [0, 0.1) is 0 Å². The van der Waals surface area contributed by atoms with E-state index >= 15 is 0 Å². The molecule has 18 heavy (non-hydrogen) atoms. The lowest BCUT2D eigenvalue weighted by atomic mass is 9.95. The van der Waals surface area contributed by atoms with Crippen molar-refractivity contribution in [3.05, 3.63) is 59.2 Å². The Kier molecular flexibility index (Phi) is 3.51. The Morgan fingerprint density at radius 3 is 2.50 bits per heavy atom. The Morgan fingerprint density at radius 2 is 1.89 bits per heavy atom. The molecule has 0 heterocycles. The summed E-state index contributed by atoms with van der Waals surface area (Å²) < 4.78 is 0. The van der Waals surface area contributed by atoms with Gasteiger partial charge in [-0.25, -0.2) is 0 Å². The zero-order valence-electron chi connectivity index (χ0n) is 11.6. The summed E-state index contributed by atoms with van der Waals surface area (Å²) >= 11 is 0. The molecule has 1 aromatic carbocycles. The van der Waals surface area contributed by atoms with Gasteiger partial charge in [0.05, 0.1) is 5.54 Å². The molecule has 1 unspecified atom stereocenters. The maximum atomic E-state index is 4.61. The molecule has 94 valence electrons. The quantitative estimate of drug-likeness (QED) is 0.674. The lowest BCUT2D eigenvalue weighted by Gasteiger charge is -2.13. The summed E-state index contributed by atoms with van der Waals surface area (Å²) in [5.74, 6) is 0.396. The van der Waals surface area contributed by atoms with Crippen molar-refractivity contribution in [1.29, 1.82) is 0 Å². The summed E-state index contributed by atoms with van der Waals surface area (Å²) in [6.07, 6.45) is 8.73. The Bertz CT molecular complexity index is 513. The molecule has 1 aliphatic rings. The molecule has 1 aromatic rings. The highest BCUT2D eigenvalue weighted by atomic mass is 14.8. The molecule has 0 fully saturated rings. The van der Waals surface area contributed by atoms with E-state index in [2.05, 4.69) is 75.2 Å². The van der Waals surface area contributed by atoms with E-state index in [1.807, 2.05) is 6.21 Å². The topological polar surface area (TPSA) is 12.4 Å². The Hall–Kier alpha value is -1.63. The molecule has 1 aliphatic carbocycles. The van der Waals surface area contributed by atoms with Gasteiger partial charge in [-0.1, -0.05) is 48.1 Å². The summed E-state index contributed by atoms with van der Waals surface area (Å²) in [5, 5.41) is 0. The lowest BCUT2D eigenvalue weighted by molar-refractivity contribution is 0.586. The Labute approximate surface area is 110 Å². The van der Waals surface area contributed by atoms with Crippen molar-refractivity contribution in [3.8, 4) is 0 Å². The van der Waals surface area contributed by atoms with Gasteiger partial charge in [0.25, 0.3) is 0 Å². The van der Waals surface area contributed by atoms with Crippen LogP contribution < -0.4 is 0 Å².